The van der Waals surface area contributed by atoms with E-state index < -0.39 is 11.5 Å². The molecule has 4 aromatic rings. The molecule has 7 heteroatoms. The van der Waals surface area contributed by atoms with E-state index in [4.69, 9.17) is 16.3 Å². The molecule has 1 aromatic heterocycles. The van der Waals surface area contributed by atoms with Crippen LogP contribution in [0, 0.1) is 5.92 Å². The van der Waals surface area contributed by atoms with E-state index in [9.17, 15) is 14.7 Å². The first-order valence-corrected chi connectivity index (χ1v) is 11.8. The van der Waals surface area contributed by atoms with Crippen LogP contribution in [0.15, 0.2) is 71.5 Å². The highest BCUT2D eigenvalue weighted by Gasteiger charge is 2.49. The van der Waals surface area contributed by atoms with Gasteiger partial charge in [0.25, 0.3) is 0 Å². The maximum Gasteiger partial charge on any atom is 0.335 e. The zero-order valence-electron chi connectivity index (χ0n) is 18.4. The highest BCUT2D eigenvalue weighted by atomic mass is 35.5. The summed E-state index contributed by atoms with van der Waals surface area (Å²) in [6.07, 6.45) is 2.49. The lowest BCUT2D eigenvalue weighted by atomic mass is 9.98. The van der Waals surface area contributed by atoms with E-state index in [1.807, 2.05) is 34.9 Å². The van der Waals surface area contributed by atoms with Crippen LogP contribution in [0.4, 0.5) is 0 Å². The first kappa shape index (κ1) is 21.2. The van der Waals surface area contributed by atoms with Crippen molar-refractivity contribution in [3.63, 3.8) is 0 Å². The van der Waals surface area contributed by atoms with E-state index in [0.29, 0.717) is 10.9 Å². The van der Waals surface area contributed by atoms with Gasteiger partial charge in [-0.1, -0.05) is 35.9 Å². The fourth-order valence-electron chi connectivity index (χ4n) is 5.05. The van der Waals surface area contributed by atoms with Crippen molar-refractivity contribution in [1.29, 1.82) is 0 Å². The van der Waals surface area contributed by atoms with Gasteiger partial charge in [-0.25, -0.2) is 9.59 Å². The van der Waals surface area contributed by atoms with Crippen molar-refractivity contribution in [2.45, 2.75) is 24.8 Å². The molecule has 1 saturated carbocycles. The van der Waals surface area contributed by atoms with E-state index in [0.717, 1.165) is 54.8 Å². The standard InChI is InChI=1S/C27H23ClN2O4/c28-21-6-9-23-24(14-21)29(22-7-4-17(5-8-22)12-18-15-34-16-18)26(33)30(23)27(10-11-27)20-3-1-2-19(13-20)25(31)32/h1-9,13-14,18H,10-12,15-16H2,(H,31,32). The molecular formula is C27H23ClN2O4. The van der Waals surface area contributed by atoms with Crippen LogP contribution in [0.5, 0.6) is 0 Å². The van der Waals surface area contributed by atoms with Crippen LogP contribution >= 0.6 is 11.6 Å². The number of benzene rings is 3. The summed E-state index contributed by atoms with van der Waals surface area (Å²) >= 11 is 6.35. The monoisotopic (exact) mass is 474 g/mol. The van der Waals surface area contributed by atoms with Gasteiger partial charge in [-0.05, 0) is 72.9 Å². The predicted octanol–water partition coefficient (Wildman–Crippen LogP) is 4.87. The van der Waals surface area contributed by atoms with Gasteiger partial charge in [0.1, 0.15) is 0 Å². The molecule has 0 atom stereocenters. The Balaban J connectivity index is 1.49. The summed E-state index contributed by atoms with van der Waals surface area (Å²) in [4.78, 5) is 25.5. The molecule has 2 aliphatic rings. The van der Waals surface area contributed by atoms with Gasteiger partial charge in [-0.2, -0.15) is 0 Å². The number of carboxylic acids is 1. The Hall–Kier alpha value is -3.35. The van der Waals surface area contributed by atoms with E-state index >= 15 is 0 Å². The second-order valence-corrected chi connectivity index (χ2v) is 9.71. The first-order chi connectivity index (χ1) is 16.5. The van der Waals surface area contributed by atoms with Crippen molar-refractivity contribution in [2.24, 2.45) is 5.92 Å². The third-order valence-corrected chi connectivity index (χ3v) is 7.26. The van der Waals surface area contributed by atoms with Crippen LogP contribution in [0.1, 0.15) is 34.3 Å². The molecule has 1 saturated heterocycles. The third kappa shape index (κ3) is 3.37. The lowest BCUT2D eigenvalue weighted by Gasteiger charge is -2.25. The van der Waals surface area contributed by atoms with Gasteiger partial charge in [0.15, 0.2) is 0 Å². The number of aromatic carboxylic acids is 1. The van der Waals surface area contributed by atoms with Crippen LogP contribution in [-0.4, -0.2) is 33.4 Å². The van der Waals surface area contributed by atoms with Crippen LogP contribution in [0.25, 0.3) is 16.7 Å². The van der Waals surface area contributed by atoms with Gasteiger partial charge in [-0.3, -0.25) is 9.13 Å². The van der Waals surface area contributed by atoms with Gasteiger partial charge in [0, 0.05) is 10.9 Å². The van der Waals surface area contributed by atoms with Crippen LogP contribution < -0.4 is 5.69 Å². The number of fused-ring (bicyclic) bond motifs is 1. The van der Waals surface area contributed by atoms with Crippen LogP contribution in [0.2, 0.25) is 5.02 Å². The Morgan fingerprint density at radius 3 is 2.44 bits per heavy atom. The quantitative estimate of drug-likeness (QED) is 0.432. The molecule has 34 heavy (non-hydrogen) atoms. The number of hydrogen-bond acceptors (Lipinski definition) is 3. The minimum Gasteiger partial charge on any atom is -0.478 e. The Bertz CT molecular complexity index is 1480. The fraction of sp³-hybridized carbons (Fsp3) is 0.259. The largest absolute Gasteiger partial charge is 0.478 e. The average Bonchev–Trinajstić information content (AvgIpc) is 3.55. The average molecular weight is 475 g/mol. The van der Waals surface area contributed by atoms with Crippen molar-refractivity contribution < 1.29 is 14.6 Å². The predicted molar refractivity (Wildman–Crippen MR) is 130 cm³/mol. The van der Waals surface area contributed by atoms with Gasteiger partial charge in [0.2, 0.25) is 0 Å². The normalized spacial score (nSPS) is 17.0. The number of rotatable bonds is 6. The van der Waals surface area contributed by atoms with Gasteiger partial charge in [0.05, 0.1) is 41.0 Å². The topological polar surface area (TPSA) is 73.5 Å². The van der Waals surface area contributed by atoms with Crippen molar-refractivity contribution in [3.8, 4) is 5.69 Å². The van der Waals surface area contributed by atoms with Crippen LogP contribution in [-0.2, 0) is 16.7 Å². The van der Waals surface area contributed by atoms with E-state index in [1.54, 1.807) is 28.8 Å². The molecule has 3 aromatic carbocycles. The number of carbonyl (C=O) groups is 1. The number of halogens is 1. The molecule has 0 bridgehead atoms. The molecule has 2 fully saturated rings. The second kappa shape index (κ2) is 7.86. The fourth-order valence-corrected chi connectivity index (χ4v) is 5.22. The van der Waals surface area contributed by atoms with E-state index in [1.165, 1.54) is 5.56 Å². The number of carboxylic acid groups (broad SMARTS) is 1. The molecule has 1 aliphatic heterocycles. The van der Waals surface area contributed by atoms with Crippen molar-refractivity contribution in [1.82, 2.24) is 9.13 Å². The van der Waals surface area contributed by atoms with Crippen molar-refractivity contribution in [2.75, 3.05) is 13.2 Å². The number of aromatic nitrogens is 2. The highest BCUT2D eigenvalue weighted by molar-refractivity contribution is 6.31. The molecule has 6 nitrogen and oxygen atoms in total. The van der Waals surface area contributed by atoms with Crippen LogP contribution in [0.3, 0.4) is 0 Å². The third-order valence-electron chi connectivity index (χ3n) is 7.03. The molecule has 172 valence electrons. The summed E-state index contributed by atoms with van der Waals surface area (Å²) in [5.74, 6) is -0.418. The molecule has 1 aliphatic carbocycles. The first-order valence-electron chi connectivity index (χ1n) is 11.4. The van der Waals surface area contributed by atoms with Gasteiger partial charge < -0.3 is 9.84 Å². The lowest BCUT2D eigenvalue weighted by molar-refractivity contribution is -0.0312. The lowest BCUT2D eigenvalue weighted by Crippen LogP contribution is -2.32. The van der Waals surface area contributed by atoms with E-state index in [2.05, 4.69) is 12.1 Å². The molecule has 2 heterocycles. The smallest absolute Gasteiger partial charge is 0.335 e. The number of nitrogens with zero attached hydrogens (tertiary/aromatic N) is 2. The van der Waals surface area contributed by atoms with Gasteiger partial charge >= 0.3 is 11.7 Å². The number of hydrogen-bond donors (Lipinski definition) is 1. The SMILES string of the molecule is O=C(O)c1cccc(C2(n3c(=O)n(-c4ccc(CC5COC5)cc4)c4cc(Cl)ccc43)CC2)c1. The molecule has 6 rings (SSSR count). The second-order valence-electron chi connectivity index (χ2n) is 9.28. The molecule has 1 N–H and O–H groups in total. The highest BCUT2D eigenvalue weighted by Crippen LogP contribution is 2.50. The summed E-state index contributed by atoms with van der Waals surface area (Å²) < 4.78 is 8.81. The van der Waals surface area contributed by atoms with Gasteiger partial charge in [-0.15, -0.1) is 0 Å². The minimum absolute atomic E-state index is 0.157. The van der Waals surface area contributed by atoms with E-state index in [-0.39, 0.29) is 11.3 Å². The molecule has 0 unspecified atom stereocenters. The Morgan fingerprint density at radius 1 is 1.03 bits per heavy atom. The van der Waals surface area contributed by atoms with Crippen molar-refractivity contribution in [3.05, 3.63) is 98.9 Å². The summed E-state index contributed by atoms with van der Waals surface area (Å²) in [5, 5.41) is 10.0. The Kier molecular flexibility index (Phi) is 4.90. The molecule has 0 radical (unpaired) electrons. The van der Waals surface area contributed by atoms with Crippen molar-refractivity contribution >= 4 is 28.6 Å². The molecular weight excluding hydrogens is 452 g/mol. The summed E-state index contributed by atoms with van der Waals surface area (Å²) in [7, 11) is 0. The summed E-state index contributed by atoms with van der Waals surface area (Å²) in [6.45, 7) is 1.61. The Labute approximate surface area is 201 Å². The molecule has 0 amide bonds. The minimum atomic E-state index is -0.979. The summed E-state index contributed by atoms with van der Waals surface area (Å²) in [5.41, 5.74) is 3.84. The molecule has 0 spiro atoms. The Morgan fingerprint density at radius 2 is 1.79 bits per heavy atom. The zero-order chi connectivity index (χ0) is 23.4. The number of imidazole rings is 1. The zero-order valence-corrected chi connectivity index (χ0v) is 19.2. The summed E-state index contributed by atoms with van der Waals surface area (Å²) in [6, 6.07) is 20.5. The number of ether oxygens (including phenoxy) is 1. The maximum absolute atomic E-state index is 13.9. The maximum atomic E-state index is 13.9.